The Morgan fingerprint density at radius 2 is 1.70 bits per heavy atom. The summed E-state index contributed by atoms with van der Waals surface area (Å²) in [5, 5.41) is 4.66. The Labute approximate surface area is 160 Å². The molecular formula is C23H25N3O. The Bertz CT molecular complexity index is 971. The molecule has 0 aliphatic rings. The molecule has 0 radical (unpaired) electrons. The minimum Gasteiger partial charge on any atom is -0.338 e. The van der Waals surface area contributed by atoms with Crippen LogP contribution in [0.2, 0.25) is 0 Å². The van der Waals surface area contributed by atoms with Gasteiger partial charge in [-0.15, -0.1) is 0 Å². The number of nitrogens with zero attached hydrogens (tertiary/aromatic N) is 3. The summed E-state index contributed by atoms with van der Waals surface area (Å²) in [7, 11) is 1.82. The molecule has 1 aromatic heterocycles. The molecule has 0 atom stereocenters. The van der Waals surface area contributed by atoms with Crippen LogP contribution in [0, 0.1) is 20.8 Å². The average Bonchev–Trinajstić information content (AvgIpc) is 2.96. The van der Waals surface area contributed by atoms with Crippen LogP contribution < -0.4 is 0 Å². The molecule has 0 aliphatic carbocycles. The molecule has 0 unspecified atom stereocenters. The first-order chi connectivity index (χ1) is 13.0. The highest BCUT2D eigenvalue weighted by molar-refractivity contribution is 5.91. The highest BCUT2D eigenvalue weighted by Gasteiger charge is 2.16. The van der Waals surface area contributed by atoms with Crippen LogP contribution in [0.5, 0.6) is 0 Å². The number of benzene rings is 2. The van der Waals surface area contributed by atoms with E-state index < -0.39 is 0 Å². The van der Waals surface area contributed by atoms with E-state index in [2.05, 4.69) is 5.10 Å². The average molecular weight is 359 g/mol. The Hall–Kier alpha value is -3.14. The molecule has 138 valence electrons. The molecule has 0 saturated heterocycles. The van der Waals surface area contributed by atoms with Crippen molar-refractivity contribution >= 4 is 12.0 Å². The highest BCUT2D eigenvalue weighted by atomic mass is 16.2. The third-order valence-electron chi connectivity index (χ3n) is 4.81. The molecule has 0 spiro atoms. The fourth-order valence-electron chi connectivity index (χ4n) is 3.10. The fourth-order valence-corrected chi connectivity index (χ4v) is 3.10. The van der Waals surface area contributed by atoms with Crippen molar-refractivity contribution in [1.82, 2.24) is 14.7 Å². The minimum absolute atomic E-state index is 0.0236. The monoisotopic (exact) mass is 359 g/mol. The third-order valence-corrected chi connectivity index (χ3v) is 4.81. The quantitative estimate of drug-likeness (QED) is 0.631. The molecule has 0 N–H and O–H groups in total. The lowest BCUT2D eigenvalue weighted by atomic mass is 10.1. The number of hydrogen-bond donors (Lipinski definition) is 0. The van der Waals surface area contributed by atoms with Crippen molar-refractivity contribution in [2.45, 2.75) is 27.3 Å². The van der Waals surface area contributed by atoms with Crippen LogP contribution in [-0.2, 0) is 11.3 Å². The van der Waals surface area contributed by atoms with Gasteiger partial charge in [-0.3, -0.25) is 4.79 Å². The van der Waals surface area contributed by atoms with E-state index in [1.807, 2.05) is 93.2 Å². The number of aryl methyl sites for hydroxylation is 2. The summed E-state index contributed by atoms with van der Waals surface area (Å²) < 4.78 is 1.94. The lowest BCUT2D eigenvalue weighted by Gasteiger charge is -2.15. The summed E-state index contributed by atoms with van der Waals surface area (Å²) in [6.45, 7) is 6.60. The third kappa shape index (κ3) is 4.17. The number of likely N-dealkylation sites (N-methyl/N-ethyl adjacent to an activating group) is 1. The smallest absolute Gasteiger partial charge is 0.246 e. The Kier molecular flexibility index (Phi) is 5.55. The van der Waals surface area contributed by atoms with Gasteiger partial charge in [0.1, 0.15) is 0 Å². The maximum absolute atomic E-state index is 12.5. The molecule has 1 amide bonds. The van der Waals surface area contributed by atoms with E-state index in [-0.39, 0.29) is 5.91 Å². The standard InChI is InChI=1S/C23H25N3O/c1-17-10-8-9-11-20(17)14-15-23(27)25(4)16-22-18(2)24-26(19(22)3)21-12-6-5-7-13-21/h5-15H,16H2,1-4H3/b15-14+. The number of rotatable bonds is 5. The van der Waals surface area contributed by atoms with Crippen LogP contribution in [0.1, 0.15) is 28.1 Å². The molecule has 0 bridgehead atoms. The van der Waals surface area contributed by atoms with Crippen LogP contribution >= 0.6 is 0 Å². The van der Waals surface area contributed by atoms with Crippen LogP contribution in [-0.4, -0.2) is 27.6 Å². The van der Waals surface area contributed by atoms with Gasteiger partial charge in [0.05, 0.1) is 11.4 Å². The van der Waals surface area contributed by atoms with Gasteiger partial charge in [0.25, 0.3) is 0 Å². The summed E-state index contributed by atoms with van der Waals surface area (Å²) in [4.78, 5) is 14.3. The molecule has 4 heteroatoms. The first kappa shape index (κ1) is 18.6. The molecule has 3 aromatic rings. The molecule has 27 heavy (non-hydrogen) atoms. The normalized spacial score (nSPS) is 11.1. The van der Waals surface area contributed by atoms with Gasteiger partial charge >= 0.3 is 0 Å². The van der Waals surface area contributed by atoms with Crippen molar-refractivity contribution in [2.75, 3.05) is 7.05 Å². The Morgan fingerprint density at radius 3 is 2.41 bits per heavy atom. The molecule has 2 aromatic carbocycles. The van der Waals surface area contributed by atoms with Crippen molar-refractivity contribution in [3.8, 4) is 5.69 Å². The van der Waals surface area contributed by atoms with Gasteiger partial charge in [0.15, 0.2) is 0 Å². The topological polar surface area (TPSA) is 38.1 Å². The zero-order valence-electron chi connectivity index (χ0n) is 16.3. The van der Waals surface area contributed by atoms with E-state index in [0.29, 0.717) is 6.54 Å². The van der Waals surface area contributed by atoms with Gasteiger partial charge in [-0.1, -0.05) is 42.5 Å². The van der Waals surface area contributed by atoms with Crippen LogP contribution in [0.25, 0.3) is 11.8 Å². The second-order valence-electron chi connectivity index (χ2n) is 6.78. The molecule has 3 rings (SSSR count). The summed E-state index contributed by atoms with van der Waals surface area (Å²) in [5.74, 6) is -0.0236. The molecule has 0 fully saturated rings. The van der Waals surface area contributed by atoms with Crippen molar-refractivity contribution in [3.05, 3.63) is 88.8 Å². The van der Waals surface area contributed by atoms with Crippen molar-refractivity contribution in [2.24, 2.45) is 0 Å². The summed E-state index contributed by atoms with van der Waals surface area (Å²) in [6, 6.07) is 18.1. The first-order valence-corrected chi connectivity index (χ1v) is 9.06. The van der Waals surface area contributed by atoms with Crippen molar-refractivity contribution in [1.29, 1.82) is 0 Å². The van der Waals surface area contributed by atoms with E-state index in [0.717, 1.165) is 33.8 Å². The molecule has 4 nitrogen and oxygen atoms in total. The summed E-state index contributed by atoms with van der Waals surface area (Å²) in [5.41, 5.74) is 6.32. The number of aromatic nitrogens is 2. The largest absolute Gasteiger partial charge is 0.338 e. The lowest BCUT2D eigenvalue weighted by molar-refractivity contribution is -0.125. The fraction of sp³-hybridized carbons (Fsp3) is 0.217. The molecule has 0 aliphatic heterocycles. The van der Waals surface area contributed by atoms with E-state index in [1.165, 1.54) is 0 Å². The van der Waals surface area contributed by atoms with E-state index >= 15 is 0 Å². The van der Waals surface area contributed by atoms with Crippen molar-refractivity contribution < 1.29 is 4.79 Å². The number of carbonyl (C=O) groups excluding carboxylic acids is 1. The van der Waals surface area contributed by atoms with Gasteiger partial charge < -0.3 is 4.90 Å². The summed E-state index contributed by atoms with van der Waals surface area (Å²) >= 11 is 0. The Morgan fingerprint density at radius 1 is 1.04 bits per heavy atom. The predicted molar refractivity (Wildman–Crippen MR) is 110 cm³/mol. The maximum Gasteiger partial charge on any atom is 0.246 e. The van der Waals surface area contributed by atoms with Gasteiger partial charge in [0, 0.05) is 30.9 Å². The second kappa shape index (κ2) is 8.04. The van der Waals surface area contributed by atoms with Crippen molar-refractivity contribution in [3.63, 3.8) is 0 Å². The minimum atomic E-state index is -0.0236. The molecule has 0 saturated carbocycles. The first-order valence-electron chi connectivity index (χ1n) is 9.06. The van der Waals surface area contributed by atoms with Crippen LogP contribution in [0.4, 0.5) is 0 Å². The second-order valence-corrected chi connectivity index (χ2v) is 6.78. The van der Waals surface area contributed by atoms with Gasteiger partial charge in [-0.05, 0) is 50.1 Å². The van der Waals surface area contributed by atoms with Gasteiger partial charge in [-0.25, -0.2) is 4.68 Å². The number of para-hydroxylation sites is 1. The summed E-state index contributed by atoms with van der Waals surface area (Å²) in [6.07, 6.45) is 3.51. The zero-order valence-corrected chi connectivity index (χ0v) is 16.3. The van der Waals surface area contributed by atoms with Crippen LogP contribution in [0.15, 0.2) is 60.7 Å². The SMILES string of the molecule is Cc1ccccc1/C=C/C(=O)N(C)Cc1c(C)nn(-c2ccccc2)c1C. The van der Waals surface area contributed by atoms with E-state index in [9.17, 15) is 4.79 Å². The number of hydrogen-bond acceptors (Lipinski definition) is 2. The van der Waals surface area contributed by atoms with Gasteiger partial charge in [-0.2, -0.15) is 5.10 Å². The molecular weight excluding hydrogens is 334 g/mol. The zero-order chi connectivity index (χ0) is 19.4. The lowest BCUT2D eigenvalue weighted by Crippen LogP contribution is -2.24. The predicted octanol–water partition coefficient (Wildman–Crippen LogP) is 4.47. The van der Waals surface area contributed by atoms with E-state index in [4.69, 9.17) is 0 Å². The Balaban J connectivity index is 1.76. The highest BCUT2D eigenvalue weighted by Crippen LogP contribution is 2.19. The number of amides is 1. The van der Waals surface area contributed by atoms with Crippen LogP contribution in [0.3, 0.4) is 0 Å². The molecule has 1 heterocycles. The maximum atomic E-state index is 12.5. The van der Waals surface area contributed by atoms with Gasteiger partial charge in [0.2, 0.25) is 5.91 Å². The number of carbonyl (C=O) groups is 1. The van der Waals surface area contributed by atoms with E-state index in [1.54, 1.807) is 11.0 Å².